The molecule has 2 aromatic rings. The highest BCUT2D eigenvalue weighted by Gasteiger charge is 2.48. The molecule has 17 heteroatoms. The van der Waals surface area contributed by atoms with Crippen LogP contribution in [0.1, 0.15) is 10.4 Å². The molecule has 36 heavy (non-hydrogen) atoms. The number of aliphatic hydroxyl groups is 3. The second-order valence-corrected chi connectivity index (χ2v) is 7.32. The van der Waals surface area contributed by atoms with Crippen LogP contribution in [0.2, 0.25) is 0 Å². The lowest BCUT2D eigenvalue weighted by atomic mass is 9.99. The van der Waals surface area contributed by atoms with Gasteiger partial charge in [-0.3, -0.25) is 30.3 Å². The zero-order valence-corrected chi connectivity index (χ0v) is 17.8. The zero-order valence-electron chi connectivity index (χ0n) is 17.8. The molecular formula is C19H17N3O14. The van der Waals surface area contributed by atoms with Crippen LogP contribution in [0.3, 0.4) is 0 Å². The molecule has 0 aromatic heterocycles. The Kier molecular flexibility index (Phi) is 7.59. The molecule has 192 valence electrons. The van der Waals surface area contributed by atoms with Gasteiger partial charge in [-0.25, -0.2) is 4.79 Å². The van der Waals surface area contributed by atoms with E-state index in [0.717, 1.165) is 24.3 Å². The molecule has 3 rings (SSSR count). The summed E-state index contributed by atoms with van der Waals surface area (Å²) in [5.41, 5.74) is -3.39. The molecule has 17 nitrogen and oxygen atoms in total. The molecule has 0 saturated carbocycles. The fourth-order valence-corrected chi connectivity index (χ4v) is 3.25. The van der Waals surface area contributed by atoms with Crippen molar-refractivity contribution >= 4 is 23.0 Å². The SMILES string of the molecule is O=C(O[C@H]1[C@@H](Oc2ccc([N+](=O)[O-])cc2)O[C@H](CO)[C@@H](O)[C@@H]1O)c1cc([N+](=O)[O-])cc([N+](=O)[O-])c1O. The Bertz CT molecular complexity index is 1190. The predicted octanol–water partition coefficient (Wildman–Crippen LogP) is 0.160. The normalized spacial score (nSPS) is 23.5. The zero-order chi connectivity index (χ0) is 26.7. The number of carbonyl (C=O) groups is 1. The predicted molar refractivity (Wildman–Crippen MR) is 112 cm³/mol. The number of non-ortho nitro benzene ring substituents is 2. The van der Waals surface area contributed by atoms with Gasteiger partial charge in [0.05, 0.1) is 27.4 Å². The maximum Gasteiger partial charge on any atom is 0.343 e. The number of nitro groups is 3. The Labute approximate surface area is 199 Å². The molecule has 0 aliphatic carbocycles. The number of benzene rings is 2. The van der Waals surface area contributed by atoms with Crippen molar-refractivity contribution in [2.45, 2.75) is 30.7 Å². The van der Waals surface area contributed by atoms with Crippen molar-refractivity contribution in [2.24, 2.45) is 0 Å². The van der Waals surface area contributed by atoms with Gasteiger partial charge in [0.15, 0.2) is 6.10 Å². The number of aliphatic hydroxyl groups excluding tert-OH is 3. The van der Waals surface area contributed by atoms with Gasteiger partial charge < -0.3 is 34.6 Å². The third-order valence-electron chi connectivity index (χ3n) is 5.07. The van der Waals surface area contributed by atoms with E-state index in [1.54, 1.807) is 0 Å². The largest absolute Gasteiger partial charge is 0.501 e. The van der Waals surface area contributed by atoms with Gasteiger partial charge >= 0.3 is 11.7 Å². The molecule has 4 N–H and O–H groups in total. The van der Waals surface area contributed by atoms with Crippen LogP contribution in [-0.2, 0) is 9.47 Å². The van der Waals surface area contributed by atoms with Crippen LogP contribution in [-0.4, -0.2) is 78.5 Å². The maximum absolute atomic E-state index is 12.7. The third kappa shape index (κ3) is 5.28. The molecule has 1 heterocycles. The fourth-order valence-electron chi connectivity index (χ4n) is 3.25. The summed E-state index contributed by atoms with van der Waals surface area (Å²) in [5.74, 6) is -2.93. The number of ether oxygens (including phenoxy) is 3. The summed E-state index contributed by atoms with van der Waals surface area (Å²) in [7, 11) is 0. The van der Waals surface area contributed by atoms with Gasteiger partial charge in [-0.15, -0.1) is 0 Å². The van der Waals surface area contributed by atoms with Crippen LogP contribution in [0.4, 0.5) is 17.1 Å². The van der Waals surface area contributed by atoms with E-state index in [2.05, 4.69) is 0 Å². The Morgan fingerprint density at radius 1 is 0.944 bits per heavy atom. The van der Waals surface area contributed by atoms with Crippen molar-refractivity contribution in [2.75, 3.05) is 6.61 Å². The van der Waals surface area contributed by atoms with Gasteiger partial charge in [0.25, 0.3) is 11.4 Å². The number of esters is 1. The van der Waals surface area contributed by atoms with Gasteiger partial charge in [-0.2, -0.15) is 0 Å². The molecule has 1 aliphatic rings. The smallest absolute Gasteiger partial charge is 0.343 e. The van der Waals surface area contributed by atoms with Crippen LogP contribution in [0, 0.1) is 30.3 Å². The summed E-state index contributed by atoms with van der Waals surface area (Å²) < 4.78 is 15.8. The quantitative estimate of drug-likeness (QED) is 0.209. The van der Waals surface area contributed by atoms with Crippen molar-refractivity contribution in [1.29, 1.82) is 0 Å². The van der Waals surface area contributed by atoms with Gasteiger partial charge in [-0.05, 0) is 12.1 Å². The average Bonchev–Trinajstić information content (AvgIpc) is 2.83. The molecule has 1 aliphatic heterocycles. The second-order valence-electron chi connectivity index (χ2n) is 7.32. The molecule has 0 spiro atoms. The Balaban J connectivity index is 1.94. The number of carbonyl (C=O) groups excluding carboxylic acids is 1. The number of hydrogen-bond acceptors (Lipinski definition) is 14. The number of rotatable bonds is 8. The Morgan fingerprint density at radius 2 is 1.56 bits per heavy atom. The van der Waals surface area contributed by atoms with E-state index in [1.165, 1.54) is 0 Å². The molecule has 0 radical (unpaired) electrons. The first kappa shape index (κ1) is 26.2. The standard InChI is InChI=1S/C19H17N3O14/c23-7-13-15(25)16(26)17(19(35-13)34-10-3-1-8(2-4-10)20(28)29)36-18(27)11-5-9(21(30)31)6-12(14(11)24)22(32)33/h1-6,13,15-17,19,23-26H,7H2/t13-,15-,16+,17-,19+/m1/s1. The van der Waals surface area contributed by atoms with Crippen LogP contribution < -0.4 is 4.74 Å². The number of nitrogens with zero attached hydrogens (tertiary/aromatic N) is 3. The van der Waals surface area contributed by atoms with Crippen molar-refractivity contribution in [3.8, 4) is 11.5 Å². The van der Waals surface area contributed by atoms with Crippen molar-refractivity contribution in [3.05, 3.63) is 72.3 Å². The molecule has 1 saturated heterocycles. The lowest BCUT2D eigenvalue weighted by molar-refractivity contribution is -0.394. The third-order valence-corrected chi connectivity index (χ3v) is 5.07. The Hall–Kier alpha value is -4.45. The average molecular weight is 511 g/mol. The highest BCUT2D eigenvalue weighted by Crippen LogP contribution is 2.36. The summed E-state index contributed by atoms with van der Waals surface area (Å²) in [6.45, 7) is -0.809. The summed E-state index contributed by atoms with van der Waals surface area (Å²) in [5, 5.41) is 73.3. The molecular weight excluding hydrogens is 494 g/mol. The topological polar surface area (TPSA) is 255 Å². The van der Waals surface area contributed by atoms with Crippen molar-refractivity contribution in [1.82, 2.24) is 0 Å². The molecule has 2 aromatic carbocycles. The van der Waals surface area contributed by atoms with Crippen LogP contribution in [0.5, 0.6) is 11.5 Å². The summed E-state index contributed by atoms with van der Waals surface area (Å²) in [6.07, 6.45) is -8.87. The second kappa shape index (κ2) is 10.4. The monoisotopic (exact) mass is 511 g/mol. The van der Waals surface area contributed by atoms with E-state index in [0.29, 0.717) is 12.1 Å². The summed E-state index contributed by atoms with van der Waals surface area (Å²) >= 11 is 0. The minimum absolute atomic E-state index is 0.0826. The van der Waals surface area contributed by atoms with Crippen molar-refractivity contribution < 1.29 is 54.2 Å². The summed E-state index contributed by atoms with van der Waals surface area (Å²) in [6, 6.07) is 5.33. The van der Waals surface area contributed by atoms with Gasteiger partial charge in [0.2, 0.25) is 12.0 Å². The van der Waals surface area contributed by atoms with Gasteiger partial charge in [-0.1, -0.05) is 0 Å². The fraction of sp³-hybridized carbons (Fsp3) is 0.316. The van der Waals surface area contributed by atoms with Gasteiger partial charge in [0, 0.05) is 18.2 Å². The summed E-state index contributed by atoms with van der Waals surface area (Å²) in [4.78, 5) is 42.9. The van der Waals surface area contributed by atoms with Crippen LogP contribution >= 0.6 is 0 Å². The van der Waals surface area contributed by atoms with Crippen LogP contribution in [0.25, 0.3) is 0 Å². The lowest BCUT2D eigenvalue weighted by Crippen LogP contribution is -2.61. The molecule has 0 amide bonds. The van der Waals surface area contributed by atoms with E-state index in [1.807, 2.05) is 0 Å². The van der Waals surface area contributed by atoms with E-state index in [4.69, 9.17) is 14.2 Å². The van der Waals surface area contributed by atoms with E-state index in [-0.39, 0.29) is 11.4 Å². The number of aromatic hydroxyl groups is 1. The van der Waals surface area contributed by atoms with E-state index >= 15 is 0 Å². The number of phenols is 1. The lowest BCUT2D eigenvalue weighted by Gasteiger charge is -2.41. The number of nitro benzene ring substituents is 3. The molecule has 0 bridgehead atoms. The molecule has 0 unspecified atom stereocenters. The van der Waals surface area contributed by atoms with Crippen LogP contribution in [0.15, 0.2) is 36.4 Å². The first-order valence-corrected chi connectivity index (χ1v) is 9.85. The first-order valence-electron chi connectivity index (χ1n) is 9.85. The minimum Gasteiger partial charge on any atom is -0.501 e. The molecule has 5 atom stereocenters. The highest BCUT2D eigenvalue weighted by molar-refractivity contribution is 5.95. The van der Waals surface area contributed by atoms with E-state index < -0.39 is 80.7 Å². The Morgan fingerprint density at radius 3 is 2.08 bits per heavy atom. The molecule has 1 fully saturated rings. The van der Waals surface area contributed by atoms with Gasteiger partial charge in [0.1, 0.15) is 29.6 Å². The van der Waals surface area contributed by atoms with Crippen molar-refractivity contribution in [3.63, 3.8) is 0 Å². The highest BCUT2D eigenvalue weighted by atomic mass is 16.7. The minimum atomic E-state index is -1.97. The van der Waals surface area contributed by atoms with E-state index in [9.17, 15) is 55.6 Å². The number of hydrogen-bond donors (Lipinski definition) is 4. The first-order chi connectivity index (χ1) is 16.9. The maximum atomic E-state index is 12.7. The number of phenolic OH excluding ortho intramolecular Hbond substituents is 1.